The van der Waals surface area contributed by atoms with E-state index >= 15 is 0 Å². The molecule has 0 amide bonds. The molecule has 846 valence electrons. The third-order valence-electron chi connectivity index (χ3n) is 27.3. The van der Waals surface area contributed by atoms with Crippen LogP contribution in [0, 0.1) is 53.3 Å². The van der Waals surface area contributed by atoms with Gasteiger partial charge >= 0.3 is 0 Å². The van der Waals surface area contributed by atoms with E-state index in [1.807, 2.05) is 20.8 Å². The second kappa shape index (κ2) is 136. The maximum atomic E-state index is 12.9. The molecule has 11 heteroatoms. The zero-order valence-electron chi connectivity index (χ0n) is 102. The Morgan fingerprint density at radius 3 is 0.567 bits per heavy atom. The highest BCUT2D eigenvalue weighted by Gasteiger charge is 2.27. The lowest BCUT2D eigenvalue weighted by atomic mass is 9.81. The molecule has 0 aliphatic carbocycles. The first-order valence-corrected chi connectivity index (χ1v) is 62.4. The Labute approximate surface area is 886 Å². The summed E-state index contributed by atoms with van der Waals surface area (Å²) in [6.07, 6.45) is 87.2. The van der Waals surface area contributed by atoms with E-state index in [1.165, 1.54) is 257 Å². The zero-order valence-corrected chi connectivity index (χ0v) is 102. The van der Waals surface area contributed by atoms with Gasteiger partial charge in [0.1, 0.15) is 63.6 Å². The molecule has 0 spiro atoms. The van der Waals surface area contributed by atoms with Gasteiger partial charge in [0.25, 0.3) is 0 Å². The molecule has 0 aliphatic rings. The predicted molar refractivity (Wildman–Crippen MR) is 627 cm³/mol. The van der Waals surface area contributed by atoms with Crippen LogP contribution in [0.4, 0.5) is 0 Å². The van der Waals surface area contributed by atoms with Crippen molar-refractivity contribution in [3.63, 3.8) is 0 Å². The standard InChI is InChI=1S/2C19H38O.2C15H30O.C13H26O.C11H22O.C10H20O.C9H18O.2C7H14O.C5H10O/c1-5-9-11-17(7-3)13-15-19(20)16-14-18(8-4)12-10-6-2;1-5-9-13-17(14-10-6-2)19(20)18(15-11-7-3)16-12-8-4;1-5-9-11-13(7-3)15(16)14(8-4)12-10-6-2;1-4-7-9-11-15(16)13-12-14(6-3)10-8-5-2;1-4-7-9-11-13(14)12(6-3)10-8-5-2;1-3-5-7-9-11(12)10-8-6-4-2;1-4-5-6-7-10(11)8-9(2)3;1-3-5-6-8-9(10)7-4-2;1-3-4-5-6-7(2)8;1-3-5-7(8)6-4-2;1-3-4-5(2)6/h2*17-18H,5-16H2,1-4H3;13-14H,5-12H2,1-4H3;14H,4-13H2,1-3H3;12H,4-11H2,1-3H3;3-10H2,1-2H3;9H,4-8H2,1-3H3;3-8H2,1-2H3;2*3-6H2,1-2H3;3-4H2,1-2H3. The van der Waals surface area contributed by atoms with Crippen LogP contribution in [0.3, 0.4) is 0 Å². The molecule has 0 aromatic heterocycles. The van der Waals surface area contributed by atoms with E-state index in [2.05, 4.69) is 180 Å². The van der Waals surface area contributed by atoms with Crippen LogP contribution in [0.25, 0.3) is 0 Å². The van der Waals surface area contributed by atoms with Gasteiger partial charge in [0.05, 0.1) is 0 Å². The normalized spacial score (nSPS) is 11.8. The Morgan fingerprint density at radius 2 is 0.348 bits per heavy atom. The summed E-state index contributed by atoms with van der Waals surface area (Å²) >= 11 is 0. The van der Waals surface area contributed by atoms with Gasteiger partial charge in [-0.1, -0.05) is 458 Å². The van der Waals surface area contributed by atoms with Gasteiger partial charge in [0.2, 0.25) is 0 Å². The van der Waals surface area contributed by atoms with E-state index in [9.17, 15) is 52.7 Å². The van der Waals surface area contributed by atoms with Gasteiger partial charge in [-0.15, -0.1) is 0 Å². The lowest BCUT2D eigenvalue weighted by Crippen LogP contribution is -2.24. The third kappa shape index (κ3) is 136. The number of rotatable bonds is 88. The smallest absolute Gasteiger partial charge is 0.139 e. The molecule has 0 bridgehead atoms. The minimum atomic E-state index is 0.289. The first-order valence-electron chi connectivity index (χ1n) is 62.4. The van der Waals surface area contributed by atoms with E-state index in [0.29, 0.717) is 93.3 Å². The maximum absolute atomic E-state index is 12.9. The summed E-state index contributed by atoms with van der Waals surface area (Å²) in [5, 5.41) is 0. The van der Waals surface area contributed by atoms with Gasteiger partial charge < -0.3 is 9.59 Å². The van der Waals surface area contributed by atoms with E-state index in [-0.39, 0.29) is 5.78 Å². The fourth-order valence-electron chi connectivity index (χ4n) is 17.2. The summed E-state index contributed by atoms with van der Waals surface area (Å²) in [5.41, 5.74) is 0. The molecule has 0 heterocycles. The van der Waals surface area contributed by atoms with Crippen molar-refractivity contribution in [1.29, 1.82) is 0 Å². The number of hydrogen-bond donors (Lipinski definition) is 0. The van der Waals surface area contributed by atoms with Crippen molar-refractivity contribution < 1.29 is 52.7 Å². The fourth-order valence-corrected chi connectivity index (χ4v) is 17.2. The summed E-state index contributed by atoms with van der Waals surface area (Å²) < 4.78 is 0. The Morgan fingerprint density at radius 1 is 0.156 bits per heavy atom. The number of carbonyl (C=O) groups excluding carboxylic acids is 11. The van der Waals surface area contributed by atoms with Crippen molar-refractivity contribution in [3.05, 3.63) is 0 Å². The lowest BCUT2D eigenvalue weighted by molar-refractivity contribution is -0.128. The van der Waals surface area contributed by atoms with Crippen molar-refractivity contribution in [2.75, 3.05) is 0 Å². The van der Waals surface area contributed by atoms with Crippen molar-refractivity contribution in [3.8, 4) is 0 Å². The minimum Gasteiger partial charge on any atom is -0.300 e. The van der Waals surface area contributed by atoms with Crippen LogP contribution in [0.5, 0.6) is 0 Å². The van der Waals surface area contributed by atoms with Gasteiger partial charge in [-0.05, 0) is 192 Å². The molecule has 6 atom stereocenters. The lowest BCUT2D eigenvalue weighted by Gasteiger charge is -2.22. The topological polar surface area (TPSA) is 188 Å². The Hall–Kier alpha value is -3.63. The monoisotopic (exact) mass is 2000 g/mol. The van der Waals surface area contributed by atoms with Crippen LogP contribution in [-0.2, 0) is 52.7 Å². The molecule has 0 N–H and O–H groups in total. The number of carbonyl (C=O) groups is 11. The van der Waals surface area contributed by atoms with E-state index in [1.54, 1.807) is 13.8 Å². The molecule has 0 aromatic rings. The highest BCUT2D eigenvalue weighted by molar-refractivity contribution is 5.84. The van der Waals surface area contributed by atoms with Gasteiger partial charge in [-0.3, -0.25) is 43.2 Å². The number of unbranched alkanes of at least 4 members (excludes halogenated alkanes) is 24. The van der Waals surface area contributed by atoms with Gasteiger partial charge in [0.15, 0.2) is 0 Å². The minimum absolute atomic E-state index is 0.289. The second-order valence-electron chi connectivity index (χ2n) is 42.3. The summed E-state index contributed by atoms with van der Waals surface area (Å²) in [6, 6.07) is 0. The fraction of sp³-hybridized carbons (Fsp3) is 0.915. The Kier molecular flexibility index (Phi) is 155. The molecule has 0 aliphatic heterocycles. The zero-order chi connectivity index (χ0) is 109. The van der Waals surface area contributed by atoms with E-state index < -0.39 is 0 Å². The van der Waals surface area contributed by atoms with Gasteiger partial charge in [-0.2, -0.15) is 0 Å². The Balaban J connectivity index is -0.000000149. The van der Waals surface area contributed by atoms with E-state index in [0.717, 1.165) is 268 Å². The number of hydrogen-bond acceptors (Lipinski definition) is 11. The van der Waals surface area contributed by atoms with Crippen LogP contribution in [0.15, 0.2) is 0 Å². The van der Waals surface area contributed by atoms with Crippen LogP contribution in [-0.4, -0.2) is 63.6 Å². The Bertz CT molecular complexity index is 2470. The van der Waals surface area contributed by atoms with Crippen molar-refractivity contribution in [2.24, 2.45) is 53.3 Å². The highest BCUT2D eigenvalue weighted by Crippen LogP contribution is 2.30. The van der Waals surface area contributed by atoms with Crippen molar-refractivity contribution in [1.82, 2.24) is 0 Å². The molecule has 0 saturated heterocycles. The first kappa shape index (κ1) is 160. The first-order chi connectivity index (χ1) is 67.7. The molecular weight excluding hydrogens is 1740 g/mol. The largest absolute Gasteiger partial charge is 0.300 e. The average Bonchev–Trinajstić information content (AvgIpc) is 0.895. The molecule has 0 fully saturated rings. The summed E-state index contributed by atoms with van der Waals surface area (Å²) in [4.78, 5) is 125. The molecule has 0 aromatic carbocycles. The molecule has 0 rings (SSSR count). The summed E-state index contributed by atoms with van der Waals surface area (Å²) in [6.45, 7) is 66.2. The van der Waals surface area contributed by atoms with Gasteiger partial charge in [0, 0.05) is 126 Å². The molecule has 141 heavy (non-hydrogen) atoms. The summed E-state index contributed by atoms with van der Waals surface area (Å²) in [5.74, 6) is 9.64. The average molecular weight is 2000 g/mol. The quantitative estimate of drug-likeness (QED) is 0.0527. The number of Topliss-reactive ketones (excluding diaryl/α,β-unsaturated/α-hetero) is 11. The van der Waals surface area contributed by atoms with Crippen LogP contribution >= 0.6 is 0 Å². The van der Waals surface area contributed by atoms with Crippen LogP contribution in [0.1, 0.15) is 722 Å². The molecule has 6 unspecified atom stereocenters. The van der Waals surface area contributed by atoms with Crippen LogP contribution < -0.4 is 0 Å². The van der Waals surface area contributed by atoms with E-state index in [4.69, 9.17) is 0 Å². The predicted octanol–water partition coefficient (Wildman–Crippen LogP) is 43.1. The third-order valence-corrected chi connectivity index (χ3v) is 27.3. The SMILES string of the molecule is CCCC(=O)CCC.CCCC(C)=O.CCCCC(CC)C(=O)C(CC)CCCC.CCCCC(CC)CCC(=O)CCC(CC)CCCC.CCCCC(CCCC)C(=O)C(CCCC)CCCC.CCCCCC(=O)C(CC)CCCC.CCCCCC(=O)CC(C)C.CCCCCC(=O)CCC.CCCCCC(=O)CCC(CC)CCCC.CCCCCC(=O)CCCCC.CCCCCC(C)=O. The molecule has 0 radical (unpaired) electrons. The maximum Gasteiger partial charge on any atom is 0.139 e. The summed E-state index contributed by atoms with van der Waals surface area (Å²) in [7, 11) is 0. The number of ketones is 11. The van der Waals surface area contributed by atoms with Gasteiger partial charge in [-0.25, -0.2) is 0 Å². The molecule has 11 nitrogen and oxygen atoms in total. The van der Waals surface area contributed by atoms with Crippen LogP contribution in [0.2, 0.25) is 0 Å². The van der Waals surface area contributed by atoms with Crippen molar-refractivity contribution >= 4 is 63.6 Å². The second-order valence-corrected chi connectivity index (χ2v) is 42.3. The van der Waals surface area contributed by atoms with Crippen molar-refractivity contribution in [2.45, 2.75) is 722 Å². The highest BCUT2D eigenvalue weighted by atomic mass is 16.2. The molecular formula is C130H260O11. The molecule has 0 saturated carbocycles.